The third-order valence-electron chi connectivity index (χ3n) is 5.38. The van der Waals surface area contributed by atoms with Crippen molar-refractivity contribution >= 4 is 29.6 Å². The largest absolute Gasteiger partial charge is 0.381 e. The normalized spacial score (nSPS) is 14.2. The summed E-state index contributed by atoms with van der Waals surface area (Å²) in [4.78, 5) is 23.7. The lowest BCUT2D eigenvalue weighted by atomic mass is 10.0. The van der Waals surface area contributed by atoms with E-state index in [2.05, 4.69) is 25.0 Å². The number of anilines is 2. The van der Waals surface area contributed by atoms with Gasteiger partial charge < -0.3 is 25.5 Å². The molecule has 1 amide bonds. The van der Waals surface area contributed by atoms with Gasteiger partial charge in [-0.05, 0) is 41.5 Å². The number of aromatic nitrogens is 3. The van der Waals surface area contributed by atoms with Gasteiger partial charge in [0.1, 0.15) is 5.82 Å². The van der Waals surface area contributed by atoms with Crippen LogP contribution in [0, 0.1) is 5.92 Å². The van der Waals surface area contributed by atoms with E-state index in [1.165, 1.54) is 0 Å². The van der Waals surface area contributed by atoms with Crippen LogP contribution in [0.25, 0.3) is 11.3 Å². The summed E-state index contributed by atoms with van der Waals surface area (Å²) in [5.41, 5.74) is 9.39. The lowest BCUT2D eigenvalue weighted by Gasteiger charge is -2.21. The zero-order valence-electron chi connectivity index (χ0n) is 17.8. The molecule has 5 N–H and O–H groups in total. The maximum atomic E-state index is 12.3. The number of ether oxygens (including phenoxy) is 1. The zero-order chi connectivity index (χ0) is 22.2. The number of nitrogen functional groups attached to an aromatic ring is 1. The van der Waals surface area contributed by atoms with E-state index in [-0.39, 0.29) is 5.91 Å². The molecule has 3 aromatic rings. The lowest BCUT2D eigenvalue weighted by molar-refractivity contribution is -0.120. The standard InChI is InChI=1S/C23H28N6O2S/c24-23-27-14-20(28-23)19-4-1-16(2-5-19)12-26-22(30)11-18-3-6-21(25-13-18)29-32-15-17-7-9-31-10-8-17/h1-6,13-14,17H,7-12,15H2,(H,25,29)(H,26,30)(H3,24,27,28). The molecule has 1 fully saturated rings. The Morgan fingerprint density at radius 3 is 2.56 bits per heavy atom. The van der Waals surface area contributed by atoms with Gasteiger partial charge in [-0.2, -0.15) is 0 Å². The first-order valence-corrected chi connectivity index (χ1v) is 11.7. The topological polar surface area (TPSA) is 118 Å². The van der Waals surface area contributed by atoms with Crippen LogP contribution in [0.1, 0.15) is 24.0 Å². The van der Waals surface area contributed by atoms with Crippen LogP contribution in [0.15, 0.2) is 48.8 Å². The van der Waals surface area contributed by atoms with Gasteiger partial charge in [-0.15, -0.1) is 0 Å². The molecule has 0 radical (unpaired) electrons. The molecule has 0 saturated carbocycles. The number of imidazole rings is 1. The molecule has 1 saturated heterocycles. The summed E-state index contributed by atoms with van der Waals surface area (Å²) in [5.74, 6) is 2.91. The Bertz CT molecular complexity index is 1000. The number of rotatable bonds is 9. The van der Waals surface area contributed by atoms with Crippen molar-refractivity contribution < 1.29 is 9.53 Å². The minimum Gasteiger partial charge on any atom is -0.381 e. The Hall–Kier alpha value is -3.04. The Balaban J connectivity index is 1.18. The summed E-state index contributed by atoms with van der Waals surface area (Å²) in [6.07, 6.45) is 6.00. The van der Waals surface area contributed by atoms with Gasteiger partial charge in [-0.25, -0.2) is 9.97 Å². The molecule has 0 spiro atoms. The first-order chi connectivity index (χ1) is 15.7. The predicted molar refractivity (Wildman–Crippen MR) is 128 cm³/mol. The van der Waals surface area contributed by atoms with Crippen LogP contribution in [0.4, 0.5) is 11.8 Å². The second kappa shape index (κ2) is 11.0. The number of aromatic amines is 1. The Kier molecular flexibility index (Phi) is 7.63. The number of pyridine rings is 1. The van der Waals surface area contributed by atoms with Gasteiger partial charge in [0.2, 0.25) is 5.91 Å². The molecule has 2 aromatic heterocycles. The van der Waals surface area contributed by atoms with Crippen molar-refractivity contribution in [3.05, 3.63) is 59.9 Å². The van der Waals surface area contributed by atoms with E-state index in [4.69, 9.17) is 10.5 Å². The van der Waals surface area contributed by atoms with Crippen LogP contribution in [0.3, 0.4) is 0 Å². The average molecular weight is 453 g/mol. The summed E-state index contributed by atoms with van der Waals surface area (Å²) in [7, 11) is 0. The molecule has 0 unspecified atom stereocenters. The Morgan fingerprint density at radius 2 is 1.88 bits per heavy atom. The summed E-state index contributed by atoms with van der Waals surface area (Å²) < 4.78 is 8.68. The number of nitrogens with zero attached hydrogens (tertiary/aromatic N) is 2. The van der Waals surface area contributed by atoms with Gasteiger partial charge in [0.05, 0.1) is 18.3 Å². The number of carbonyl (C=O) groups is 1. The number of nitrogens with one attached hydrogen (secondary N) is 3. The third-order valence-corrected chi connectivity index (χ3v) is 6.37. The van der Waals surface area contributed by atoms with E-state index in [0.29, 0.717) is 24.8 Å². The highest BCUT2D eigenvalue weighted by Crippen LogP contribution is 2.21. The quantitative estimate of drug-likeness (QED) is 0.368. The van der Waals surface area contributed by atoms with Crippen molar-refractivity contribution in [1.29, 1.82) is 0 Å². The fourth-order valence-corrected chi connectivity index (χ4v) is 4.39. The lowest BCUT2D eigenvalue weighted by Crippen LogP contribution is -2.24. The summed E-state index contributed by atoms with van der Waals surface area (Å²) in [6.45, 7) is 2.21. The molecule has 9 heteroatoms. The van der Waals surface area contributed by atoms with Gasteiger partial charge in [-0.3, -0.25) is 4.79 Å². The summed E-state index contributed by atoms with van der Waals surface area (Å²) in [6, 6.07) is 11.8. The number of benzene rings is 1. The molecule has 4 rings (SSSR count). The second-order valence-corrected chi connectivity index (χ2v) is 8.68. The maximum Gasteiger partial charge on any atom is 0.224 e. The predicted octanol–water partition coefficient (Wildman–Crippen LogP) is 3.40. The van der Waals surface area contributed by atoms with Crippen molar-refractivity contribution in [2.45, 2.75) is 25.8 Å². The zero-order valence-corrected chi connectivity index (χ0v) is 18.7. The summed E-state index contributed by atoms with van der Waals surface area (Å²) >= 11 is 1.68. The number of hydrogen-bond acceptors (Lipinski definition) is 7. The van der Waals surface area contributed by atoms with Crippen LogP contribution < -0.4 is 15.8 Å². The Morgan fingerprint density at radius 1 is 1.09 bits per heavy atom. The maximum absolute atomic E-state index is 12.3. The third kappa shape index (κ3) is 6.48. The Labute approximate surface area is 191 Å². The molecule has 32 heavy (non-hydrogen) atoms. The smallest absolute Gasteiger partial charge is 0.224 e. The highest BCUT2D eigenvalue weighted by atomic mass is 32.2. The highest BCUT2D eigenvalue weighted by Gasteiger charge is 2.13. The van der Waals surface area contributed by atoms with E-state index < -0.39 is 0 Å². The van der Waals surface area contributed by atoms with Crippen LogP contribution in [0.5, 0.6) is 0 Å². The van der Waals surface area contributed by atoms with Crippen molar-refractivity contribution in [1.82, 2.24) is 20.3 Å². The molecule has 168 valence electrons. The fraction of sp³-hybridized carbons (Fsp3) is 0.348. The monoisotopic (exact) mass is 452 g/mol. The van der Waals surface area contributed by atoms with Gasteiger partial charge in [-0.1, -0.05) is 42.3 Å². The minimum absolute atomic E-state index is 0.0354. The van der Waals surface area contributed by atoms with E-state index in [9.17, 15) is 4.79 Å². The van der Waals surface area contributed by atoms with E-state index >= 15 is 0 Å². The van der Waals surface area contributed by atoms with Crippen LogP contribution in [-0.4, -0.2) is 39.8 Å². The number of carbonyl (C=O) groups excluding carboxylic acids is 1. The molecule has 3 heterocycles. The number of H-pyrrole nitrogens is 1. The number of amides is 1. The van der Waals surface area contributed by atoms with E-state index in [1.807, 2.05) is 36.4 Å². The fourth-order valence-electron chi connectivity index (χ4n) is 3.47. The minimum atomic E-state index is -0.0354. The number of hydrogen-bond donors (Lipinski definition) is 4. The van der Waals surface area contributed by atoms with Crippen molar-refractivity contribution in [3.8, 4) is 11.3 Å². The first-order valence-electron chi connectivity index (χ1n) is 10.7. The molecular weight excluding hydrogens is 424 g/mol. The van der Waals surface area contributed by atoms with Crippen LogP contribution in [-0.2, 0) is 22.5 Å². The SMILES string of the molecule is Nc1ncc(-c2ccc(CNC(=O)Cc3ccc(NSCC4CCOCC4)nc3)cc2)[nH]1. The molecule has 1 aliphatic rings. The van der Waals surface area contributed by atoms with Crippen LogP contribution in [0.2, 0.25) is 0 Å². The van der Waals surface area contributed by atoms with E-state index in [0.717, 1.165) is 60.0 Å². The van der Waals surface area contributed by atoms with Crippen molar-refractivity contribution in [2.24, 2.45) is 5.92 Å². The van der Waals surface area contributed by atoms with Gasteiger partial charge in [0.25, 0.3) is 0 Å². The molecular formula is C23H28N6O2S. The molecule has 0 aliphatic carbocycles. The van der Waals surface area contributed by atoms with Gasteiger partial charge >= 0.3 is 0 Å². The van der Waals surface area contributed by atoms with E-state index in [1.54, 1.807) is 24.3 Å². The molecule has 1 aromatic carbocycles. The molecule has 8 nitrogen and oxygen atoms in total. The van der Waals surface area contributed by atoms with Crippen molar-refractivity contribution in [2.75, 3.05) is 29.4 Å². The van der Waals surface area contributed by atoms with Gasteiger partial charge in [0, 0.05) is 31.7 Å². The first kappa shape index (κ1) is 22.2. The highest BCUT2D eigenvalue weighted by molar-refractivity contribution is 8.00. The van der Waals surface area contributed by atoms with Crippen molar-refractivity contribution in [3.63, 3.8) is 0 Å². The number of nitrogens with two attached hydrogens (primary N) is 1. The average Bonchev–Trinajstić information content (AvgIpc) is 3.26. The van der Waals surface area contributed by atoms with Crippen LogP contribution >= 0.6 is 11.9 Å². The molecule has 1 aliphatic heterocycles. The van der Waals surface area contributed by atoms with Gasteiger partial charge in [0.15, 0.2) is 5.95 Å². The molecule has 0 bridgehead atoms. The molecule has 0 atom stereocenters. The second-order valence-electron chi connectivity index (χ2n) is 7.85. The summed E-state index contributed by atoms with van der Waals surface area (Å²) in [5, 5.41) is 2.96.